The van der Waals surface area contributed by atoms with E-state index in [1.54, 1.807) is 0 Å². The maximum atomic E-state index is 4.26. The van der Waals surface area contributed by atoms with Crippen molar-refractivity contribution >= 4 is 41.3 Å². The average Bonchev–Trinajstić information content (AvgIpc) is 3.02. The molecule has 4 nitrogen and oxygen atoms in total. The van der Waals surface area contributed by atoms with Crippen molar-refractivity contribution < 1.29 is 0 Å². The van der Waals surface area contributed by atoms with Crippen molar-refractivity contribution in [1.82, 2.24) is 15.5 Å². The van der Waals surface area contributed by atoms with Crippen molar-refractivity contribution in [3.8, 4) is 0 Å². The van der Waals surface area contributed by atoms with Gasteiger partial charge in [0.25, 0.3) is 0 Å². The number of aliphatic imine (C=N–C) groups is 1. The lowest BCUT2D eigenvalue weighted by Crippen LogP contribution is -2.42. The summed E-state index contributed by atoms with van der Waals surface area (Å²) >= 11 is 1.86. The lowest BCUT2D eigenvalue weighted by Gasteiger charge is -2.32. The van der Waals surface area contributed by atoms with Crippen LogP contribution in [0.4, 0.5) is 0 Å². The van der Waals surface area contributed by atoms with Crippen LogP contribution in [0.5, 0.6) is 0 Å². The molecular weight excluding hydrogens is 407 g/mol. The highest BCUT2D eigenvalue weighted by Crippen LogP contribution is 2.20. The molecule has 22 heavy (non-hydrogen) atoms. The molecule has 0 radical (unpaired) electrons. The molecule has 2 rings (SSSR count). The molecule has 0 spiro atoms. The Morgan fingerprint density at radius 2 is 2.14 bits per heavy atom. The fourth-order valence-electron chi connectivity index (χ4n) is 2.68. The van der Waals surface area contributed by atoms with Crippen molar-refractivity contribution in [1.29, 1.82) is 0 Å². The van der Waals surface area contributed by atoms with Crippen LogP contribution in [0.2, 0.25) is 0 Å². The molecular formula is C16H29IN4S. The maximum Gasteiger partial charge on any atom is 0.190 e. The molecule has 1 aliphatic heterocycles. The summed E-state index contributed by atoms with van der Waals surface area (Å²) in [6.45, 7) is 7.74. The van der Waals surface area contributed by atoms with E-state index in [0.717, 1.165) is 37.9 Å². The topological polar surface area (TPSA) is 39.7 Å². The van der Waals surface area contributed by atoms with Crippen molar-refractivity contribution in [2.45, 2.75) is 32.7 Å². The number of likely N-dealkylation sites (tertiary alicyclic amines) is 1. The molecule has 0 amide bonds. The van der Waals surface area contributed by atoms with E-state index in [1.807, 2.05) is 18.4 Å². The average molecular weight is 436 g/mol. The Bertz CT molecular complexity index is 414. The fraction of sp³-hybridized carbons (Fsp3) is 0.688. The lowest BCUT2D eigenvalue weighted by atomic mass is 9.97. The highest BCUT2D eigenvalue weighted by Gasteiger charge is 2.19. The van der Waals surface area contributed by atoms with Gasteiger partial charge in [-0.2, -0.15) is 0 Å². The second kappa shape index (κ2) is 11.2. The van der Waals surface area contributed by atoms with E-state index in [1.165, 1.54) is 30.8 Å². The molecule has 0 aromatic carbocycles. The van der Waals surface area contributed by atoms with Gasteiger partial charge in [-0.05, 0) is 49.7 Å². The van der Waals surface area contributed by atoms with Gasteiger partial charge >= 0.3 is 0 Å². The summed E-state index contributed by atoms with van der Waals surface area (Å²) < 4.78 is 0. The van der Waals surface area contributed by atoms with Crippen LogP contribution in [0.15, 0.2) is 22.5 Å². The summed E-state index contributed by atoms with van der Waals surface area (Å²) in [5.74, 6) is 1.71. The molecule has 1 aliphatic rings. The zero-order valence-corrected chi connectivity index (χ0v) is 16.8. The van der Waals surface area contributed by atoms with Gasteiger partial charge in [0.2, 0.25) is 0 Å². The predicted octanol–water partition coefficient (Wildman–Crippen LogP) is 3.15. The number of piperidine rings is 1. The van der Waals surface area contributed by atoms with Gasteiger partial charge in [-0.3, -0.25) is 9.89 Å². The summed E-state index contributed by atoms with van der Waals surface area (Å²) in [4.78, 5) is 8.32. The molecule has 6 heteroatoms. The Labute approximate surface area is 155 Å². The Balaban J connectivity index is 0.00000242. The predicted molar refractivity (Wildman–Crippen MR) is 107 cm³/mol. The Morgan fingerprint density at radius 1 is 1.36 bits per heavy atom. The van der Waals surface area contributed by atoms with E-state index >= 15 is 0 Å². The molecule has 0 aliphatic carbocycles. The lowest BCUT2D eigenvalue weighted by molar-refractivity contribution is 0.179. The van der Waals surface area contributed by atoms with Crippen LogP contribution >= 0.6 is 35.3 Å². The molecule has 0 saturated carbocycles. The Hall–Kier alpha value is -0.340. The van der Waals surface area contributed by atoms with Gasteiger partial charge in [-0.25, -0.2) is 0 Å². The van der Waals surface area contributed by atoms with Gasteiger partial charge in [-0.1, -0.05) is 13.0 Å². The number of hydrogen-bond acceptors (Lipinski definition) is 3. The normalized spacial score (nSPS) is 17.1. The minimum absolute atomic E-state index is 0. The van der Waals surface area contributed by atoms with E-state index in [9.17, 15) is 0 Å². The quantitative estimate of drug-likeness (QED) is 0.409. The van der Waals surface area contributed by atoms with E-state index in [-0.39, 0.29) is 24.0 Å². The van der Waals surface area contributed by atoms with E-state index in [4.69, 9.17) is 0 Å². The first-order valence-electron chi connectivity index (χ1n) is 8.01. The summed E-state index contributed by atoms with van der Waals surface area (Å²) in [6.07, 6.45) is 3.69. The van der Waals surface area contributed by atoms with Gasteiger partial charge in [0.15, 0.2) is 5.96 Å². The molecule has 0 bridgehead atoms. The Kier molecular flexibility index (Phi) is 10.1. The monoisotopic (exact) mass is 436 g/mol. The summed E-state index contributed by atoms with van der Waals surface area (Å²) in [7, 11) is 1.84. The zero-order valence-electron chi connectivity index (χ0n) is 13.7. The second-order valence-electron chi connectivity index (χ2n) is 5.68. The minimum atomic E-state index is 0. The largest absolute Gasteiger partial charge is 0.356 e. The maximum absolute atomic E-state index is 4.26. The van der Waals surface area contributed by atoms with Gasteiger partial charge in [0.05, 0.1) is 0 Å². The molecule has 1 aromatic rings. The van der Waals surface area contributed by atoms with Crippen LogP contribution in [0, 0.1) is 5.92 Å². The Morgan fingerprint density at radius 3 is 2.73 bits per heavy atom. The SMILES string of the molecule is CCCNC(=NC)NCC1CCN(Cc2cccs2)CC1.I. The first-order valence-corrected chi connectivity index (χ1v) is 8.89. The van der Waals surface area contributed by atoms with Crippen LogP contribution in [-0.4, -0.2) is 44.1 Å². The molecule has 126 valence electrons. The van der Waals surface area contributed by atoms with Crippen molar-refractivity contribution in [2.75, 3.05) is 33.2 Å². The van der Waals surface area contributed by atoms with Crippen molar-refractivity contribution in [3.63, 3.8) is 0 Å². The highest BCUT2D eigenvalue weighted by atomic mass is 127. The summed E-state index contributed by atoms with van der Waals surface area (Å²) in [6, 6.07) is 4.38. The summed E-state index contributed by atoms with van der Waals surface area (Å²) in [5.41, 5.74) is 0. The number of nitrogens with one attached hydrogen (secondary N) is 2. The first kappa shape index (κ1) is 19.7. The number of halogens is 1. The zero-order chi connectivity index (χ0) is 14.9. The number of nitrogens with zero attached hydrogens (tertiary/aromatic N) is 2. The van der Waals surface area contributed by atoms with Crippen LogP contribution in [-0.2, 0) is 6.54 Å². The van der Waals surface area contributed by atoms with Crippen LogP contribution in [0.25, 0.3) is 0 Å². The highest BCUT2D eigenvalue weighted by molar-refractivity contribution is 14.0. The number of guanidine groups is 1. The minimum Gasteiger partial charge on any atom is -0.356 e. The van der Waals surface area contributed by atoms with Gasteiger partial charge < -0.3 is 10.6 Å². The molecule has 1 aromatic heterocycles. The first-order chi connectivity index (χ1) is 10.3. The smallest absolute Gasteiger partial charge is 0.190 e. The van der Waals surface area contributed by atoms with Crippen molar-refractivity contribution in [2.24, 2.45) is 10.9 Å². The van der Waals surface area contributed by atoms with Crippen molar-refractivity contribution in [3.05, 3.63) is 22.4 Å². The standard InChI is InChI=1S/C16H28N4S.HI/c1-3-8-18-16(17-2)19-12-14-6-9-20(10-7-14)13-15-5-4-11-21-15;/h4-5,11,14H,3,6-10,12-13H2,1-2H3,(H2,17,18,19);1H. The van der Waals surface area contributed by atoms with E-state index < -0.39 is 0 Å². The molecule has 1 saturated heterocycles. The molecule has 0 unspecified atom stereocenters. The molecule has 2 N–H and O–H groups in total. The van der Waals surface area contributed by atoms with Gasteiger partial charge in [0, 0.05) is 31.6 Å². The molecule has 2 heterocycles. The number of thiophene rings is 1. The number of hydrogen-bond donors (Lipinski definition) is 2. The van der Waals surface area contributed by atoms with Gasteiger partial charge in [0.1, 0.15) is 0 Å². The van der Waals surface area contributed by atoms with Crippen LogP contribution in [0.1, 0.15) is 31.1 Å². The van der Waals surface area contributed by atoms with Crippen LogP contribution < -0.4 is 10.6 Å². The van der Waals surface area contributed by atoms with E-state index in [2.05, 4.69) is 45.0 Å². The molecule has 0 atom stereocenters. The third-order valence-electron chi connectivity index (χ3n) is 3.99. The third kappa shape index (κ3) is 6.83. The van der Waals surface area contributed by atoms with Crippen LogP contribution in [0.3, 0.4) is 0 Å². The molecule has 1 fully saturated rings. The van der Waals surface area contributed by atoms with Gasteiger partial charge in [-0.15, -0.1) is 35.3 Å². The fourth-order valence-corrected chi connectivity index (χ4v) is 3.42. The second-order valence-corrected chi connectivity index (χ2v) is 6.71. The van der Waals surface area contributed by atoms with E-state index in [0.29, 0.717) is 0 Å². The number of rotatable bonds is 6. The third-order valence-corrected chi connectivity index (χ3v) is 4.85. The summed E-state index contributed by atoms with van der Waals surface area (Å²) in [5, 5.41) is 8.95.